The Balaban J connectivity index is 2.73. The highest BCUT2D eigenvalue weighted by Gasteiger charge is 2.14. The van der Waals surface area contributed by atoms with Gasteiger partial charge in [-0.2, -0.15) is 0 Å². The zero-order valence-corrected chi connectivity index (χ0v) is 9.20. The SMILES string of the molecule is CN(C)CCNc1nccc(C(=O)O)c1F. The highest BCUT2D eigenvalue weighted by atomic mass is 19.1. The molecule has 0 aliphatic heterocycles. The van der Waals surface area contributed by atoms with Gasteiger partial charge in [-0.05, 0) is 20.2 Å². The molecule has 0 spiro atoms. The van der Waals surface area contributed by atoms with Gasteiger partial charge in [0.05, 0.1) is 0 Å². The van der Waals surface area contributed by atoms with Crippen LogP contribution < -0.4 is 5.32 Å². The smallest absolute Gasteiger partial charge is 0.338 e. The Morgan fingerprint density at radius 1 is 1.62 bits per heavy atom. The number of nitrogens with zero attached hydrogens (tertiary/aromatic N) is 2. The fourth-order valence-electron chi connectivity index (χ4n) is 1.13. The number of carbonyl (C=O) groups is 1. The molecule has 0 aliphatic carbocycles. The van der Waals surface area contributed by atoms with E-state index in [1.54, 1.807) is 0 Å². The number of rotatable bonds is 5. The molecule has 16 heavy (non-hydrogen) atoms. The van der Waals surface area contributed by atoms with Crippen LogP contribution in [0.3, 0.4) is 0 Å². The van der Waals surface area contributed by atoms with Crippen LogP contribution in [0.5, 0.6) is 0 Å². The lowest BCUT2D eigenvalue weighted by molar-refractivity contribution is 0.0692. The monoisotopic (exact) mass is 227 g/mol. The van der Waals surface area contributed by atoms with E-state index < -0.39 is 11.8 Å². The number of nitrogens with one attached hydrogen (secondary N) is 1. The molecule has 6 heteroatoms. The second kappa shape index (κ2) is 5.41. The van der Waals surface area contributed by atoms with E-state index in [9.17, 15) is 9.18 Å². The molecule has 0 aliphatic rings. The summed E-state index contributed by atoms with van der Waals surface area (Å²) in [6.45, 7) is 1.21. The number of halogens is 1. The highest BCUT2D eigenvalue weighted by Crippen LogP contribution is 2.14. The molecule has 1 aromatic rings. The van der Waals surface area contributed by atoms with Crippen molar-refractivity contribution in [2.75, 3.05) is 32.5 Å². The van der Waals surface area contributed by atoms with Gasteiger partial charge in [-0.25, -0.2) is 14.2 Å². The average Bonchev–Trinajstić information content (AvgIpc) is 2.19. The first-order valence-corrected chi connectivity index (χ1v) is 4.78. The fourth-order valence-corrected chi connectivity index (χ4v) is 1.13. The van der Waals surface area contributed by atoms with Crippen LogP contribution in [0, 0.1) is 5.82 Å². The Kier molecular flexibility index (Phi) is 4.19. The van der Waals surface area contributed by atoms with E-state index in [0.717, 1.165) is 6.07 Å². The van der Waals surface area contributed by atoms with Crippen LogP contribution in [0.15, 0.2) is 12.3 Å². The minimum Gasteiger partial charge on any atom is -0.478 e. The van der Waals surface area contributed by atoms with Crippen molar-refractivity contribution in [3.05, 3.63) is 23.6 Å². The van der Waals surface area contributed by atoms with Crippen LogP contribution in [-0.4, -0.2) is 48.1 Å². The molecule has 1 rings (SSSR count). The molecule has 1 aromatic heterocycles. The van der Waals surface area contributed by atoms with Crippen molar-refractivity contribution >= 4 is 11.8 Å². The molecule has 88 valence electrons. The van der Waals surface area contributed by atoms with Crippen molar-refractivity contribution in [1.29, 1.82) is 0 Å². The molecular weight excluding hydrogens is 213 g/mol. The third kappa shape index (κ3) is 3.16. The third-order valence-electron chi connectivity index (χ3n) is 1.97. The predicted molar refractivity (Wildman–Crippen MR) is 58.2 cm³/mol. The summed E-state index contributed by atoms with van der Waals surface area (Å²) in [7, 11) is 3.78. The van der Waals surface area contributed by atoms with E-state index in [-0.39, 0.29) is 11.4 Å². The van der Waals surface area contributed by atoms with Crippen molar-refractivity contribution in [1.82, 2.24) is 9.88 Å². The predicted octanol–water partition coefficient (Wildman–Crippen LogP) is 0.892. The molecule has 0 amide bonds. The standard InChI is InChI=1S/C10H14FN3O2/c1-14(2)6-5-13-9-8(11)7(10(15)16)3-4-12-9/h3-4H,5-6H2,1-2H3,(H,12,13)(H,15,16). The Morgan fingerprint density at radius 2 is 2.31 bits per heavy atom. The molecule has 0 saturated carbocycles. The van der Waals surface area contributed by atoms with E-state index in [1.165, 1.54) is 6.20 Å². The third-order valence-corrected chi connectivity index (χ3v) is 1.97. The van der Waals surface area contributed by atoms with Crippen molar-refractivity contribution in [2.24, 2.45) is 0 Å². The van der Waals surface area contributed by atoms with Gasteiger partial charge in [0.2, 0.25) is 0 Å². The molecule has 0 saturated heterocycles. The zero-order chi connectivity index (χ0) is 12.1. The first-order valence-electron chi connectivity index (χ1n) is 4.78. The van der Waals surface area contributed by atoms with Crippen LogP contribution in [0.1, 0.15) is 10.4 Å². The Labute approximate surface area is 92.9 Å². The molecule has 0 atom stereocenters. The molecule has 2 N–H and O–H groups in total. The normalized spacial score (nSPS) is 10.5. The zero-order valence-electron chi connectivity index (χ0n) is 9.20. The number of pyridine rings is 1. The minimum atomic E-state index is -1.30. The highest BCUT2D eigenvalue weighted by molar-refractivity contribution is 5.88. The second-order valence-electron chi connectivity index (χ2n) is 3.56. The van der Waals surface area contributed by atoms with Gasteiger partial charge in [0.1, 0.15) is 5.56 Å². The second-order valence-corrected chi connectivity index (χ2v) is 3.56. The van der Waals surface area contributed by atoms with E-state index in [2.05, 4.69) is 10.3 Å². The Bertz CT molecular complexity index is 382. The number of hydrogen-bond acceptors (Lipinski definition) is 4. The van der Waals surface area contributed by atoms with Crippen molar-refractivity contribution in [3.63, 3.8) is 0 Å². The number of likely N-dealkylation sites (N-methyl/N-ethyl adjacent to an activating group) is 1. The van der Waals surface area contributed by atoms with Crippen molar-refractivity contribution in [3.8, 4) is 0 Å². The molecule has 1 heterocycles. The summed E-state index contributed by atoms with van der Waals surface area (Å²) in [5, 5.41) is 11.4. The van der Waals surface area contributed by atoms with Gasteiger partial charge in [0.25, 0.3) is 0 Å². The maximum Gasteiger partial charge on any atom is 0.338 e. The number of carboxylic acids is 1. The average molecular weight is 227 g/mol. The summed E-state index contributed by atoms with van der Waals surface area (Å²) in [5.74, 6) is -2.15. The van der Waals surface area contributed by atoms with Gasteiger partial charge in [-0.3, -0.25) is 0 Å². The van der Waals surface area contributed by atoms with E-state index in [1.807, 2.05) is 19.0 Å². The van der Waals surface area contributed by atoms with Gasteiger partial charge in [0.15, 0.2) is 11.6 Å². The van der Waals surface area contributed by atoms with Crippen LogP contribution in [0.2, 0.25) is 0 Å². The summed E-state index contributed by atoms with van der Waals surface area (Å²) in [6.07, 6.45) is 1.27. The first kappa shape index (κ1) is 12.4. The summed E-state index contributed by atoms with van der Waals surface area (Å²) in [5.41, 5.74) is -0.373. The lowest BCUT2D eigenvalue weighted by Gasteiger charge is -2.11. The summed E-state index contributed by atoms with van der Waals surface area (Å²) >= 11 is 0. The summed E-state index contributed by atoms with van der Waals surface area (Å²) in [4.78, 5) is 16.3. The minimum absolute atomic E-state index is 0.0262. The Morgan fingerprint density at radius 3 is 2.88 bits per heavy atom. The topological polar surface area (TPSA) is 65.5 Å². The molecule has 0 fully saturated rings. The van der Waals surface area contributed by atoms with E-state index in [4.69, 9.17) is 5.11 Å². The van der Waals surface area contributed by atoms with Crippen LogP contribution >= 0.6 is 0 Å². The number of hydrogen-bond donors (Lipinski definition) is 2. The largest absolute Gasteiger partial charge is 0.478 e. The number of aromatic carboxylic acids is 1. The first-order chi connectivity index (χ1) is 7.52. The van der Waals surface area contributed by atoms with Gasteiger partial charge in [-0.1, -0.05) is 0 Å². The molecular formula is C10H14FN3O2. The Hall–Kier alpha value is -1.69. The lowest BCUT2D eigenvalue weighted by Crippen LogP contribution is -2.21. The molecule has 5 nitrogen and oxygen atoms in total. The maximum atomic E-state index is 13.5. The van der Waals surface area contributed by atoms with Gasteiger partial charge in [-0.15, -0.1) is 0 Å². The van der Waals surface area contributed by atoms with Gasteiger partial charge < -0.3 is 15.3 Å². The molecule has 0 unspecified atom stereocenters. The quantitative estimate of drug-likeness (QED) is 0.782. The van der Waals surface area contributed by atoms with Crippen LogP contribution in [0.4, 0.5) is 10.2 Å². The summed E-state index contributed by atoms with van der Waals surface area (Å²) < 4.78 is 13.5. The van der Waals surface area contributed by atoms with Gasteiger partial charge in [0, 0.05) is 19.3 Å². The fraction of sp³-hybridized carbons (Fsp3) is 0.400. The number of carboxylic acid groups (broad SMARTS) is 1. The van der Waals surface area contributed by atoms with Crippen LogP contribution in [0.25, 0.3) is 0 Å². The van der Waals surface area contributed by atoms with Gasteiger partial charge >= 0.3 is 5.97 Å². The van der Waals surface area contributed by atoms with Crippen molar-refractivity contribution < 1.29 is 14.3 Å². The van der Waals surface area contributed by atoms with E-state index in [0.29, 0.717) is 13.1 Å². The lowest BCUT2D eigenvalue weighted by atomic mass is 10.2. The number of anilines is 1. The molecule has 0 bridgehead atoms. The van der Waals surface area contributed by atoms with Crippen LogP contribution in [-0.2, 0) is 0 Å². The molecule has 0 radical (unpaired) electrons. The summed E-state index contributed by atoms with van der Waals surface area (Å²) in [6, 6.07) is 1.13. The maximum absolute atomic E-state index is 13.5. The van der Waals surface area contributed by atoms with E-state index >= 15 is 0 Å². The molecule has 0 aromatic carbocycles. The van der Waals surface area contributed by atoms with Crippen molar-refractivity contribution in [2.45, 2.75) is 0 Å². The number of aromatic nitrogens is 1.